The van der Waals surface area contributed by atoms with Crippen LogP contribution in [0.15, 0.2) is 9.59 Å². The van der Waals surface area contributed by atoms with Gasteiger partial charge in [0, 0.05) is 37.1 Å². The molecule has 152 valence electrons. The second-order valence-corrected chi connectivity index (χ2v) is 9.18. The fourth-order valence-corrected chi connectivity index (χ4v) is 5.32. The molecule has 4 heterocycles. The molecule has 4 rings (SSSR count). The summed E-state index contributed by atoms with van der Waals surface area (Å²) in [4.78, 5) is 39.0. The molecular formula is C19H25N3O5S. The lowest BCUT2D eigenvalue weighted by Gasteiger charge is -2.30. The highest BCUT2D eigenvalue weighted by Crippen LogP contribution is 2.37. The van der Waals surface area contributed by atoms with Crippen molar-refractivity contribution in [2.45, 2.75) is 58.0 Å². The topological polar surface area (TPSA) is 91.6 Å². The maximum absolute atomic E-state index is 12.8. The van der Waals surface area contributed by atoms with Gasteiger partial charge in [0.25, 0.3) is 5.56 Å². The molecule has 0 unspecified atom stereocenters. The van der Waals surface area contributed by atoms with Crippen molar-refractivity contribution in [3.63, 3.8) is 0 Å². The maximum atomic E-state index is 12.8. The minimum Gasteiger partial charge on any atom is -0.376 e. The highest BCUT2D eigenvalue weighted by Gasteiger charge is 2.31. The second kappa shape index (κ2) is 7.13. The molecule has 0 radical (unpaired) electrons. The van der Waals surface area contributed by atoms with E-state index in [2.05, 4.69) is 5.32 Å². The zero-order valence-corrected chi connectivity index (χ0v) is 17.2. The van der Waals surface area contributed by atoms with Crippen molar-refractivity contribution in [2.75, 3.05) is 13.2 Å². The van der Waals surface area contributed by atoms with E-state index < -0.39 is 5.69 Å². The molecule has 0 aromatic carbocycles. The monoisotopic (exact) mass is 407 g/mol. The Morgan fingerprint density at radius 1 is 1.36 bits per heavy atom. The number of nitrogens with one attached hydrogen (secondary N) is 1. The number of hydrogen-bond donors (Lipinski definition) is 1. The summed E-state index contributed by atoms with van der Waals surface area (Å²) in [6.45, 7) is 5.35. The van der Waals surface area contributed by atoms with Gasteiger partial charge in [0.15, 0.2) is 0 Å². The van der Waals surface area contributed by atoms with E-state index >= 15 is 0 Å². The van der Waals surface area contributed by atoms with E-state index in [-0.39, 0.29) is 29.7 Å². The predicted octanol–water partition coefficient (Wildman–Crippen LogP) is 0.908. The number of fused-ring (bicyclic) bond motifs is 3. The normalized spacial score (nSPS) is 21.0. The Bertz CT molecular complexity index is 1040. The van der Waals surface area contributed by atoms with Crippen LogP contribution in [0.1, 0.15) is 37.1 Å². The average Bonchev–Trinajstić information content (AvgIpc) is 3.28. The van der Waals surface area contributed by atoms with Gasteiger partial charge in [0.1, 0.15) is 11.2 Å². The quantitative estimate of drug-likeness (QED) is 0.813. The van der Waals surface area contributed by atoms with Gasteiger partial charge >= 0.3 is 5.69 Å². The first-order chi connectivity index (χ1) is 13.3. The van der Waals surface area contributed by atoms with Gasteiger partial charge in [-0.05, 0) is 26.7 Å². The van der Waals surface area contributed by atoms with Gasteiger partial charge in [-0.2, -0.15) is 0 Å². The van der Waals surface area contributed by atoms with Crippen molar-refractivity contribution >= 4 is 27.5 Å². The standard InChI is InChI=1S/C19H25N3O5S/c1-19(2)7-13-12(10-27-19)15-16(28-13)17(24)21(3)18(25)22(15)9-14(23)20-8-11-5-4-6-26-11/h11H,4-10H2,1-3H3,(H,20,23)/t11-/m0/s1. The third-order valence-electron chi connectivity index (χ3n) is 5.40. The first-order valence-electron chi connectivity index (χ1n) is 9.53. The average molecular weight is 407 g/mol. The second-order valence-electron chi connectivity index (χ2n) is 8.08. The number of thiophene rings is 1. The third-order valence-corrected chi connectivity index (χ3v) is 6.60. The van der Waals surface area contributed by atoms with E-state index in [0.717, 1.165) is 34.5 Å². The molecule has 0 bridgehead atoms. The first kappa shape index (κ1) is 19.4. The van der Waals surface area contributed by atoms with E-state index in [1.165, 1.54) is 23.0 Å². The molecule has 1 fully saturated rings. The van der Waals surface area contributed by atoms with Gasteiger partial charge in [-0.3, -0.25) is 18.7 Å². The van der Waals surface area contributed by atoms with Crippen LogP contribution in [-0.4, -0.2) is 39.9 Å². The van der Waals surface area contributed by atoms with Crippen LogP contribution in [0.3, 0.4) is 0 Å². The molecule has 1 atom stereocenters. The number of amides is 1. The van der Waals surface area contributed by atoms with Crippen LogP contribution in [-0.2, 0) is 40.9 Å². The van der Waals surface area contributed by atoms with Crippen LogP contribution in [0.25, 0.3) is 10.2 Å². The lowest BCUT2D eigenvalue weighted by Crippen LogP contribution is -2.42. The van der Waals surface area contributed by atoms with E-state index in [4.69, 9.17) is 9.47 Å². The summed E-state index contributed by atoms with van der Waals surface area (Å²) in [7, 11) is 1.45. The molecule has 9 heteroatoms. The molecule has 28 heavy (non-hydrogen) atoms. The highest BCUT2D eigenvalue weighted by atomic mass is 32.1. The molecular weight excluding hydrogens is 382 g/mol. The Morgan fingerprint density at radius 2 is 2.14 bits per heavy atom. The number of ether oxygens (including phenoxy) is 2. The van der Waals surface area contributed by atoms with Crippen LogP contribution >= 0.6 is 11.3 Å². The summed E-state index contributed by atoms with van der Waals surface area (Å²) in [5.74, 6) is -0.269. The number of carbonyl (C=O) groups excluding carboxylic acids is 1. The Morgan fingerprint density at radius 3 is 2.86 bits per heavy atom. The van der Waals surface area contributed by atoms with Crippen molar-refractivity contribution in [3.05, 3.63) is 31.3 Å². The van der Waals surface area contributed by atoms with Crippen molar-refractivity contribution in [2.24, 2.45) is 7.05 Å². The van der Waals surface area contributed by atoms with E-state index in [1.54, 1.807) is 0 Å². The molecule has 1 N–H and O–H groups in total. The fourth-order valence-electron chi connectivity index (χ4n) is 3.82. The largest absolute Gasteiger partial charge is 0.376 e. The van der Waals surface area contributed by atoms with Crippen molar-refractivity contribution in [1.29, 1.82) is 0 Å². The molecule has 8 nitrogen and oxygen atoms in total. The van der Waals surface area contributed by atoms with Crippen LogP contribution < -0.4 is 16.6 Å². The molecule has 1 saturated heterocycles. The molecule has 0 saturated carbocycles. The van der Waals surface area contributed by atoms with Crippen LogP contribution in [0.4, 0.5) is 0 Å². The number of carbonyl (C=O) groups is 1. The molecule has 2 aromatic heterocycles. The molecule has 1 amide bonds. The Balaban J connectivity index is 1.71. The Labute approximate surface area is 166 Å². The van der Waals surface area contributed by atoms with Crippen molar-refractivity contribution < 1.29 is 14.3 Å². The minimum absolute atomic E-state index is 0.0327. The van der Waals surface area contributed by atoms with E-state index in [9.17, 15) is 14.4 Å². The van der Waals surface area contributed by atoms with Gasteiger partial charge in [0.05, 0.1) is 23.8 Å². The fraction of sp³-hybridized carbons (Fsp3) is 0.632. The number of aromatic nitrogens is 2. The van der Waals surface area contributed by atoms with Gasteiger partial charge in [-0.25, -0.2) is 4.79 Å². The Hall–Kier alpha value is -1.97. The zero-order valence-electron chi connectivity index (χ0n) is 16.4. The summed E-state index contributed by atoms with van der Waals surface area (Å²) in [6.07, 6.45) is 2.63. The van der Waals surface area contributed by atoms with Gasteiger partial charge in [0.2, 0.25) is 5.91 Å². The summed E-state index contributed by atoms with van der Waals surface area (Å²) in [6, 6.07) is 0. The predicted molar refractivity (Wildman–Crippen MR) is 106 cm³/mol. The lowest BCUT2D eigenvalue weighted by molar-refractivity contribution is -0.122. The summed E-state index contributed by atoms with van der Waals surface area (Å²) < 4.78 is 14.4. The molecule has 0 spiro atoms. The third kappa shape index (κ3) is 3.42. The van der Waals surface area contributed by atoms with Crippen LogP contribution in [0.5, 0.6) is 0 Å². The minimum atomic E-state index is -0.491. The smallest absolute Gasteiger partial charge is 0.331 e. The molecule has 0 aliphatic carbocycles. The Kier molecular flexibility index (Phi) is 4.93. The molecule has 2 aliphatic rings. The maximum Gasteiger partial charge on any atom is 0.331 e. The van der Waals surface area contributed by atoms with E-state index in [1.807, 2.05) is 13.8 Å². The number of nitrogens with zero attached hydrogens (tertiary/aromatic N) is 2. The zero-order chi connectivity index (χ0) is 20.1. The number of hydrogen-bond acceptors (Lipinski definition) is 6. The van der Waals surface area contributed by atoms with Gasteiger partial charge in [-0.15, -0.1) is 11.3 Å². The summed E-state index contributed by atoms with van der Waals surface area (Å²) in [5, 5.41) is 2.85. The SMILES string of the molecule is Cn1c(=O)c2sc3c(c2n(CC(=O)NC[C@@H]2CCCO2)c1=O)COC(C)(C)C3. The van der Waals surface area contributed by atoms with Crippen molar-refractivity contribution in [3.8, 4) is 0 Å². The summed E-state index contributed by atoms with van der Waals surface area (Å²) >= 11 is 1.40. The molecule has 2 aliphatic heterocycles. The first-order valence-corrected chi connectivity index (χ1v) is 10.3. The van der Waals surface area contributed by atoms with Crippen LogP contribution in [0, 0.1) is 0 Å². The summed E-state index contributed by atoms with van der Waals surface area (Å²) in [5.41, 5.74) is 0.253. The molecule has 2 aromatic rings. The van der Waals surface area contributed by atoms with E-state index in [0.29, 0.717) is 29.8 Å². The lowest BCUT2D eigenvalue weighted by atomic mass is 9.98. The van der Waals surface area contributed by atoms with Gasteiger partial charge in [-0.1, -0.05) is 0 Å². The highest BCUT2D eigenvalue weighted by molar-refractivity contribution is 7.19. The van der Waals surface area contributed by atoms with Gasteiger partial charge < -0.3 is 14.8 Å². The number of rotatable bonds is 4. The van der Waals surface area contributed by atoms with Crippen LogP contribution in [0.2, 0.25) is 0 Å². The van der Waals surface area contributed by atoms with Crippen molar-refractivity contribution in [1.82, 2.24) is 14.5 Å².